The molecule has 1 nitrogen and oxygen atoms in total. The predicted octanol–water partition coefficient (Wildman–Crippen LogP) is 3.06. The van der Waals surface area contributed by atoms with Gasteiger partial charge in [0, 0.05) is 0 Å². The summed E-state index contributed by atoms with van der Waals surface area (Å²) in [6.07, 6.45) is 0.674. The molecular formula is HOP4+. The van der Waals surface area contributed by atoms with E-state index in [1.807, 2.05) is 0 Å². The van der Waals surface area contributed by atoms with E-state index < -0.39 is 6.77 Å². The Morgan fingerprint density at radius 2 is 2.00 bits per heavy atom. The number of hydrogen-bond donors (Lipinski definition) is 0. The second-order valence-electron chi connectivity index (χ2n) is 0.932. The maximum Gasteiger partial charge on any atom is 0.337 e. The molecule has 0 fully saturated rings. The van der Waals surface area contributed by atoms with Gasteiger partial charge in [-0.15, -0.1) is 0 Å². The first-order valence-corrected chi connectivity index (χ1v) is 9.97. The molecule has 0 N–H and O–H groups in total. The molecule has 0 aliphatic heterocycles. The van der Waals surface area contributed by atoms with Gasteiger partial charge in [0.15, 0.2) is 0 Å². The Hall–Kier alpha value is 1.00. The Morgan fingerprint density at radius 1 is 1.60 bits per heavy atom. The van der Waals surface area contributed by atoms with E-state index in [9.17, 15) is 4.57 Å². The third-order valence-electron chi connectivity index (χ3n) is 0.612. The van der Waals surface area contributed by atoms with Crippen LogP contribution in [-0.2, 0) is 4.57 Å². The summed E-state index contributed by atoms with van der Waals surface area (Å²) < 4.78 is 10.1. The molecule has 0 aromatic carbocycles. The topological polar surface area (TPSA) is 17.1 Å². The predicted molar refractivity (Wildman–Crippen MR) is 29.8 cm³/mol. The highest BCUT2D eigenvalue weighted by Crippen LogP contribution is 2.99. The Bertz CT molecular complexity index is 210. The van der Waals surface area contributed by atoms with E-state index in [0.717, 1.165) is 0 Å². The van der Waals surface area contributed by atoms with Crippen LogP contribution in [0.4, 0.5) is 0 Å². The quantitative estimate of drug-likeness (QED) is 0.550. The van der Waals surface area contributed by atoms with Crippen LogP contribution in [0.15, 0.2) is 0 Å². The molecule has 2 rings (SSSR count). The maximum absolute atomic E-state index is 10.1. The molecule has 2 atom stereocenters. The van der Waals surface area contributed by atoms with E-state index in [-0.39, 0.29) is 0 Å². The maximum atomic E-state index is 10.1. The van der Waals surface area contributed by atoms with Gasteiger partial charge in [0.05, 0.1) is 7.55 Å². The average Bonchev–Trinajstić information content (AvgIpc) is 2.11. The molecule has 2 unspecified atom stereocenters. The molecule has 0 aliphatic rings. The molecule has 0 amide bonds. The minimum absolute atomic E-state index is 0.337. The highest BCUT2D eigenvalue weighted by Gasteiger charge is 2.35. The van der Waals surface area contributed by atoms with Crippen molar-refractivity contribution in [1.82, 2.24) is 0 Å². The Labute approximate surface area is 32.4 Å². The van der Waals surface area contributed by atoms with Crippen LogP contribution in [0.3, 0.4) is 0 Å². The third kappa shape index (κ3) is 0.266. The van der Waals surface area contributed by atoms with Crippen molar-refractivity contribution in [2.75, 3.05) is 0 Å². The van der Waals surface area contributed by atoms with Crippen molar-refractivity contribution in [2.24, 2.45) is 0 Å². The molecule has 0 saturated carbocycles. The zero-order valence-corrected chi connectivity index (χ0v) is 5.93. The van der Waals surface area contributed by atoms with Gasteiger partial charge in [-0.25, -0.2) is 4.57 Å². The largest absolute Gasteiger partial charge is 0.337 e. The van der Waals surface area contributed by atoms with Crippen molar-refractivity contribution in [3.05, 3.63) is 0 Å². The minimum Gasteiger partial charge on any atom is -0.204 e. The Morgan fingerprint density at radius 3 is 2.00 bits per heavy atom. The highest BCUT2D eigenvalue weighted by molar-refractivity contribution is 9.02. The molecule has 2 aromatic rings. The smallest absolute Gasteiger partial charge is 0.204 e. The summed E-state index contributed by atoms with van der Waals surface area (Å²) in [5, 5.41) is 0. The van der Waals surface area contributed by atoms with E-state index in [2.05, 4.69) is 0 Å². The molecule has 5 heavy (non-hydrogen) atoms. The highest BCUT2D eigenvalue weighted by atomic mass is 33.1. The fourth-order valence-corrected chi connectivity index (χ4v) is 30.3. The number of hydrogen-bond acceptors (Lipinski definition) is 1. The zero-order valence-electron chi connectivity index (χ0n) is 2.25. The second-order valence-corrected chi connectivity index (χ2v) is 22.2. The van der Waals surface area contributed by atoms with Gasteiger partial charge in [-0.05, 0) is 0 Å². The molecule has 26 valence electrons. The van der Waals surface area contributed by atoms with Crippen LogP contribution in [0.25, 0.3) is 0 Å². The van der Waals surface area contributed by atoms with E-state index in [1.165, 1.54) is 7.55 Å². The van der Waals surface area contributed by atoms with Gasteiger partial charge in [0.1, 0.15) is 0 Å². The molecule has 5 heteroatoms. The second kappa shape index (κ2) is 0.661. The molecule has 2 heterocycles. The summed E-state index contributed by atoms with van der Waals surface area (Å²) in [5.41, 5.74) is 0. The lowest BCUT2D eigenvalue weighted by Gasteiger charge is -1.23. The molecular weight excluding hydrogens is 140 g/mol. The number of rotatable bonds is 0. The first-order chi connectivity index (χ1) is 2.39. The summed E-state index contributed by atoms with van der Waals surface area (Å²) in [5.74, 6) is 0. The van der Waals surface area contributed by atoms with Crippen molar-refractivity contribution < 1.29 is 4.57 Å². The number of fused-ring (bicyclic) bond motifs is 1. The van der Waals surface area contributed by atoms with Crippen LogP contribution in [0.1, 0.15) is 0 Å². The summed E-state index contributed by atoms with van der Waals surface area (Å²) in [7, 11) is 1.23. The van der Waals surface area contributed by atoms with Gasteiger partial charge < -0.3 is 0 Å². The fourth-order valence-electron chi connectivity index (χ4n) is 0.214. The Kier molecular flexibility index (Phi) is 0.405. The van der Waals surface area contributed by atoms with Gasteiger partial charge >= 0.3 is 6.77 Å². The van der Waals surface area contributed by atoms with Crippen LogP contribution in [0, 0.1) is 0 Å². The first-order valence-electron chi connectivity index (χ1n) is 1.23. The lowest BCUT2D eigenvalue weighted by atomic mass is 16.0. The van der Waals surface area contributed by atoms with E-state index in [0.29, 0.717) is 12.7 Å². The molecule has 0 saturated heterocycles. The van der Waals surface area contributed by atoms with Crippen molar-refractivity contribution >= 4 is 27.1 Å². The third-order valence-corrected chi connectivity index (χ3v) is 31.0. The standard InChI is InChI=1S/HOP4/c1-3-4-2-5(3)4/h2H/q+1. The first kappa shape index (κ1) is 3.06. The van der Waals surface area contributed by atoms with Crippen molar-refractivity contribution in [3.8, 4) is 0 Å². The van der Waals surface area contributed by atoms with E-state index >= 15 is 0 Å². The molecule has 0 bridgehead atoms. The van der Waals surface area contributed by atoms with Crippen molar-refractivity contribution in [3.63, 3.8) is 0 Å². The molecule has 0 radical (unpaired) electrons. The van der Waals surface area contributed by atoms with Crippen LogP contribution in [-0.4, -0.2) is 0 Å². The summed E-state index contributed by atoms with van der Waals surface area (Å²) >= 11 is 0. The fraction of sp³-hybridized carbons (Fsp3) is 0. The van der Waals surface area contributed by atoms with Crippen molar-refractivity contribution in [1.29, 1.82) is 0 Å². The summed E-state index contributed by atoms with van der Waals surface area (Å²) in [6, 6.07) is 0. The van der Waals surface area contributed by atoms with Crippen LogP contribution in [0.5, 0.6) is 0 Å². The summed E-state index contributed by atoms with van der Waals surface area (Å²) in [4.78, 5) is 0. The molecule has 0 spiro atoms. The summed E-state index contributed by atoms with van der Waals surface area (Å²) in [6.45, 7) is -0.442. The van der Waals surface area contributed by atoms with Gasteiger partial charge in [0.25, 0.3) is 0 Å². The van der Waals surface area contributed by atoms with Crippen LogP contribution < -0.4 is 0 Å². The van der Waals surface area contributed by atoms with E-state index in [1.54, 1.807) is 0 Å². The van der Waals surface area contributed by atoms with Crippen LogP contribution >= 0.6 is 27.1 Å². The molecule has 2 aromatic heterocycles. The van der Waals surface area contributed by atoms with Gasteiger partial charge in [-0.2, -0.15) is 0 Å². The van der Waals surface area contributed by atoms with Gasteiger partial charge in [-0.1, -0.05) is 0 Å². The SMILES string of the molecule is O=[p+]1p2[pH]p21. The lowest BCUT2D eigenvalue weighted by molar-refractivity contribution is 0.605. The van der Waals surface area contributed by atoms with Gasteiger partial charge in [-0.3, -0.25) is 0 Å². The zero-order chi connectivity index (χ0) is 3.44. The molecule has 0 aliphatic carbocycles. The van der Waals surface area contributed by atoms with E-state index in [4.69, 9.17) is 0 Å². The monoisotopic (exact) mass is 141 g/mol. The van der Waals surface area contributed by atoms with Gasteiger partial charge in [0.2, 0.25) is 12.7 Å². The van der Waals surface area contributed by atoms with Crippen LogP contribution in [0.2, 0.25) is 0 Å². The average molecular weight is 141 g/mol. The van der Waals surface area contributed by atoms with Crippen molar-refractivity contribution in [2.45, 2.75) is 0 Å². The lowest BCUT2D eigenvalue weighted by Crippen LogP contribution is -0.754. The normalized spacial score (nSPS) is 25.2. The minimum atomic E-state index is -0.442. The Balaban J connectivity index is 3.47.